The van der Waals surface area contributed by atoms with Gasteiger partial charge in [0.2, 0.25) is 0 Å². The standard InChI is InChI=1S/C9H8ClF3N4/c1-4-5(2)8-15-14-6(3-9(11,12)13)17(8)16-7(4)10/h3H2,1-2H3. The molecule has 0 saturated heterocycles. The zero-order valence-electron chi connectivity index (χ0n) is 9.01. The summed E-state index contributed by atoms with van der Waals surface area (Å²) in [5.74, 6) is -0.266. The fourth-order valence-corrected chi connectivity index (χ4v) is 1.64. The number of alkyl halides is 3. The van der Waals surface area contributed by atoms with Crippen molar-refractivity contribution in [1.82, 2.24) is 19.8 Å². The summed E-state index contributed by atoms with van der Waals surface area (Å²) in [6.07, 6.45) is -5.53. The fourth-order valence-electron chi connectivity index (χ4n) is 1.43. The molecule has 0 aliphatic rings. The lowest BCUT2D eigenvalue weighted by Gasteiger charge is -2.06. The van der Waals surface area contributed by atoms with Gasteiger partial charge in [0, 0.05) is 5.56 Å². The summed E-state index contributed by atoms with van der Waals surface area (Å²) in [6, 6.07) is 0. The maximum atomic E-state index is 12.3. The molecule has 2 aromatic heterocycles. The topological polar surface area (TPSA) is 43.1 Å². The van der Waals surface area contributed by atoms with Crippen LogP contribution in [0.5, 0.6) is 0 Å². The fraction of sp³-hybridized carbons (Fsp3) is 0.444. The number of halogens is 4. The molecule has 0 aromatic carbocycles. The second-order valence-corrected chi connectivity index (χ2v) is 4.04. The second-order valence-electron chi connectivity index (χ2n) is 3.68. The van der Waals surface area contributed by atoms with Crippen LogP contribution in [0.3, 0.4) is 0 Å². The molecule has 0 aliphatic carbocycles. The van der Waals surface area contributed by atoms with Crippen LogP contribution in [0.2, 0.25) is 5.15 Å². The van der Waals surface area contributed by atoms with Gasteiger partial charge in [-0.05, 0) is 19.4 Å². The Kier molecular flexibility index (Phi) is 2.73. The van der Waals surface area contributed by atoms with Gasteiger partial charge in [0.1, 0.15) is 6.42 Å². The summed E-state index contributed by atoms with van der Waals surface area (Å²) < 4.78 is 37.9. The maximum absolute atomic E-state index is 12.3. The normalized spacial score (nSPS) is 12.4. The van der Waals surface area contributed by atoms with E-state index >= 15 is 0 Å². The van der Waals surface area contributed by atoms with Gasteiger partial charge in [-0.15, -0.1) is 10.2 Å². The molecular weight excluding hydrogens is 257 g/mol. The quantitative estimate of drug-likeness (QED) is 0.795. The average Bonchev–Trinajstić information content (AvgIpc) is 2.56. The van der Waals surface area contributed by atoms with E-state index in [1.807, 2.05) is 0 Å². The van der Waals surface area contributed by atoms with Crippen molar-refractivity contribution >= 4 is 17.2 Å². The molecule has 92 valence electrons. The molecule has 8 heteroatoms. The zero-order valence-corrected chi connectivity index (χ0v) is 9.76. The highest BCUT2D eigenvalue weighted by molar-refractivity contribution is 6.30. The van der Waals surface area contributed by atoms with Gasteiger partial charge in [-0.25, -0.2) is 0 Å². The van der Waals surface area contributed by atoms with E-state index in [0.717, 1.165) is 4.52 Å². The minimum Gasteiger partial charge on any atom is -0.195 e. The maximum Gasteiger partial charge on any atom is 0.396 e. The van der Waals surface area contributed by atoms with Crippen LogP contribution >= 0.6 is 11.6 Å². The minimum absolute atomic E-state index is 0.151. The van der Waals surface area contributed by atoms with Gasteiger partial charge in [0.15, 0.2) is 16.6 Å². The van der Waals surface area contributed by atoms with Gasteiger partial charge in [-0.3, -0.25) is 0 Å². The molecule has 0 aliphatic heterocycles. The van der Waals surface area contributed by atoms with Crippen molar-refractivity contribution in [3.63, 3.8) is 0 Å². The summed E-state index contributed by atoms with van der Waals surface area (Å²) in [4.78, 5) is 0. The van der Waals surface area contributed by atoms with Crippen LogP contribution in [-0.2, 0) is 6.42 Å². The molecule has 0 atom stereocenters. The van der Waals surface area contributed by atoms with Gasteiger partial charge in [0.25, 0.3) is 0 Å². The van der Waals surface area contributed by atoms with Crippen LogP contribution < -0.4 is 0 Å². The van der Waals surface area contributed by atoms with Gasteiger partial charge in [-0.1, -0.05) is 11.6 Å². The number of aromatic nitrogens is 4. The predicted octanol–water partition coefficient (Wildman–Crippen LogP) is 2.50. The van der Waals surface area contributed by atoms with E-state index in [2.05, 4.69) is 15.3 Å². The minimum atomic E-state index is -4.35. The number of hydrogen-bond acceptors (Lipinski definition) is 3. The van der Waals surface area contributed by atoms with E-state index in [4.69, 9.17) is 11.6 Å². The molecular formula is C9H8ClF3N4. The van der Waals surface area contributed by atoms with Crippen molar-refractivity contribution in [3.8, 4) is 0 Å². The van der Waals surface area contributed by atoms with E-state index in [1.165, 1.54) is 0 Å². The molecule has 4 nitrogen and oxygen atoms in total. The Hall–Kier alpha value is -1.37. The first-order valence-corrected chi connectivity index (χ1v) is 5.11. The highest BCUT2D eigenvalue weighted by Crippen LogP contribution is 2.23. The molecule has 0 bridgehead atoms. The first-order chi connectivity index (χ1) is 7.79. The average molecular weight is 265 g/mol. The van der Waals surface area contributed by atoms with E-state index < -0.39 is 12.6 Å². The smallest absolute Gasteiger partial charge is 0.195 e. The van der Waals surface area contributed by atoms with E-state index in [-0.39, 0.29) is 11.0 Å². The Morgan fingerprint density at radius 3 is 2.41 bits per heavy atom. The number of nitrogens with zero attached hydrogens (tertiary/aromatic N) is 4. The van der Waals surface area contributed by atoms with Crippen LogP contribution in [0.15, 0.2) is 0 Å². The van der Waals surface area contributed by atoms with Crippen LogP contribution in [0.25, 0.3) is 5.65 Å². The lowest BCUT2D eigenvalue weighted by molar-refractivity contribution is -0.128. The first kappa shape index (κ1) is 12.1. The van der Waals surface area contributed by atoms with E-state index in [1.54, 1.807) is 13.8 Å². The molecule has 0 N–H and O–H groups in total. The first-order valence-electron chi connectivity index (χ1n) is 4.73. The van der Waals surface area contributed by atoms with Gasteiger partial charge >= 0.3 is 6.18 Å². The Balaban J connectivity index is 2.62. The Morgan fingerprint density at radius 1 is 1.18 bits per heavy atom. The summed E-state index contributed by atoms with van der Waals surface area (Å²) in [6.45, 7) is 3.44. The molecule has 0 amide bonds. The van der Waals surface area contributed by atoms with Crippen molar-refractivity contribution in [2.75, 3.05) is 0 Å². The third kappa shape index (κ3) is 2.19. The van der Waals surface area contributed by atoms with Crippen molar-refractivity contribution in [3.05, 3.63) is 22.1 Å². The van der Waals surface area contributed by atoms with Crippen LogP contribution in [-0.4, -0.2) is 26.0 Å². The van der Waals surface area contributed by atoms with Gasteiger partial charge < -0.3 is 0 Å². The van der Waals surface area contributed by atoms with Crippen LogP contribution in [0.1, 0.15) is 17.0 Å². The third-order valence-electron chi connectivity index (χ3n) is 2.46. The lowest BCUT2D eigenvalue weighted by atomic mass is 10.2. The molecule has 0 fully saturated rings. The number of hydrogen-bond donors (Lipinski definition) is 0. The Bertz CT molecular complexity index is 576. The second kappa shape index (κ2) is 3.83. The van der Waals surface area contributed by atoms with E-state index in [9.17, 15) is 13.2 Å². The summed E-state index contributed by atoms with van der Waals surface area (Å²) in [5.41, 5.74) is 1.65. The van der Waals surface area contributed by atoms with Crippen molar-refractivity contribution < 1.29 is 13.2 Å². The molecule has 0 radical (unpaired) electrons. The van der Waals surface area contributed by atoms with Crippen molar-refractivity contribution in [2.24, 2.45) is 0 Å². The number of fused-ring (bicyclic) bond motifs is 1. The largest absolute Gasteiger partial charge is 0.396 e. The SMILES string of the molecule is Cc1c(Cl)nn2c(CC(F)(F)F)nnc2c1C. The summed E-state index contributed by atoms with van der Waals surface area (Å²) in [7, 11) is 0. The zero-order chi connectivity index (χ0) is 12.8. The molecule has 0 saturated carbocycles. The third-order valence-corrected chi connectivity index (χ3v) is 2.82. The predicted molar refractivity (Wildman–Crippen MR) is 55.0 cm³/mol. The Morgan fingerprint density at radius 2 is 1.82 bits per heavy atom. The Labute approximate surface area is 99.4 Å². The van der Waals surface area contributed by atoms with Gasteiger partial charge in [-0.2, -0.15) is 22.8 Å². The molecule has 0 unspecified atom stereocenters. The van der Waals surface area contributed by atoms with Gasteiger partial charge in [0.05, 0.1) is 0 Å². The molecule has 2 aromatic rings. The molecule has 17 heavy (non-hydrogen) atoms. The molecule has 2 heterocycles. The van der Waals surface area contributed by atoms with Crippen LogP contribution in [0, 0.1) is 13.8 Å². The summed E-state index contributed by atoms with van der Waals surface area (Å²) >= 11 is 5.82. The van der Waals surface area contributed by atoms with Crippen LogP contribution in [0.4, 0.5) is 13.2 Å². The molecule has 0 spiro atoms. The number of rotatable bonds is 1. The van der Waals surface area contributed by atoms with E-state index in [0.29, 0.717) is 16.8 Å². The molecule has 2 rings (SSSR count). The monoisotopic (exact) mass is 264 g/mol. The number of aryl methyl sites for hydroxylation is 1. The van der Waals surface area contributed by atoms with Crippen molar-refractivity contribution in [2.45, 2.75) is 26.4 Å². The lowest BCUT2D eigenvalue weighted by Crippen LogP contribution is -2.15. The van der Waals surface area contributed by atoms with Crippen molar-refractivity contribution in [1.29, 1.82) is 0 Å². The summed E-state index contributed by atoms with van der Waals surface area (Å²) in [5, 5.41) is 11.2. The highest BCUT2D eigenvalue weighted by Gasteiger charge is 2.31. The highest BCUT2D eigenvalue weighted by atomic mass is 35.5.